The number of unbranched alkanes of at least 4 members (excludes halogenated alkanes) is 8. The molecule has 0 amide bonds. The number of benzene rings is 1. The van der Waals surface area contributed by atoms with E-state index in [0.29, 0.717) is 5.75 Å². The summed E-state index contributed by atoms with van der Waals surface area (Å²) in [5.41, 5.74) is 3.40. The van der Waals surface area contributed by atoms with Gasteiger partial charge in [0.2, 0.25) is 0 Å². The first-order valence-corrected chi connectivity index (χ1v) is 11.0. The molecule has 0 N–H and O–H groups in total. The van der Waals surface area contributed by atoms with E-state index in [9.17, 15) is 4.39 Å². The summed E-state index contributed by atoms with van der Waals surface area (Å²) < 4.78 is 18.2. The molecule has 0 aliphatic heterocycles. The van der Waals surface area contributed by atoms with Crippen LogP contribution in [0.1, 0.15) is 77.2 Å². The molecule has 1 aromatic carbocycles. The first kappa shape index (κ1) is 22.4. The maximum atomic E-state index is 12.8. The van der Waals surface area contributed by atoms with E-state index in [1.807, 2.05) is 12.1 Å². The average Bonchev–Trinajstić information content (AvgIpc) is 2.72. The van der Waals surface area contributed by atoms with E-state index >= 15 is 0 Å². The summed E-state index contributed by atoms with van der Waals surface area (Å²) in [5, 5.41) is 0. The van der Waals surface area contributed by atoms with Gasteiger partial charge in [0.05, 0.1) is 11.9 Å². The van der Waals surface area contributed by atoms with Gasteiger partial charge in [0.1, 0.15) is 18.5 Å². The molecule has 0 aliphatic carbocycles. The van der Waals surface area contributed by atoms with Gasteiger partial charge in [-0.15, -0.1) is 0 Å². The molecule has 2 aromatic rings. The van der Waals surface area contributed by atoms with Gasteiger partial charge < -0.3 is 4.74 Å². The Morgan fingerprint density at radius 2 is 1.50 bits per heavy atom. The predicted octanol–water partition coefficient (Wildman–Crippen LogP) is 7.56. The molecule has 154 valence electrons. The van der Waals surface area contributed by atoms with Crippen LogP contribution < -0.4 is 4.74 Å². The van der Waals surface area contributed by atoms with Gasteiger partial charge in [-0.25, -0.2) is 4.39 Å². The molecular formula is C25H36FNO. The largest absolute Gasteiger partial charge is 0.489 e. The Morgan fingerprint density at radius 1 is 0.857 bits per heavy atom. The van der Waals surface area contributed by atoms with E-state index in [2.05, 4.69) is 36.2 Å². The van der Waals surface area contributed by atoms with Crippen LogP contribution in [0, 0.1) is 0 Å². The van der Waals surface area contributed by atoms with Crippen molar-refractivity contribution in [3.8, 4) is 17.0 Å². The first-order valence-electron chi connectivity index (χ1n) is 11.0. The number of aryl methyl sites for hydroxylation is 1. The number of rotatable bonds is 14. The second-order valence-electron chi connectivity index (χ2n) is 7.75. The van der Waals surface area contributed by atoms with Crippen LogP contribution in [-0.2, 0) is 6.42 Å². The molecule has 0 spiro atoms. The van der Waals surface area contributed by atoms with Crippen molar-refractivity contribution in [1.82, 2.24) is 4.98 Å². The smallest absolute Gasteiger partial charge is 0.137 e. The van der Waals surface area contributed by atoms with Crippen molar-refractivity contribution in [3.63, 3.8) is 0 Å². The quantitative estimate of drug-likeness (QED) is 0.313. The lowest BCUT2D eigenvalue weighted by molar-refractivity contribution is 0.209. The van der Waals surface area contributed by atoms with Crippen LogP contribution in [0.15, 0.2) is 42.6 Å². The molecule has 1 unspecified atom stereocenters. The van der Waals surface area contributed by atoms with Crippen molar-refractivity contribution >= 4 is 0 Å². The Kier molecular flexibility index (Phi) is 10.6. The number of hydrogen-bond acceptors (Lipinski definition) is 2. The van der Waals surface area contributed by atoms with Crippen LogP contribution in [0.5, 0.6) is 5.75 Å². The molecule has 1 atom stereocenters. The lowest BCUT2D eigenvalue weighted by atomic mass is 10.0. The molecule has 0 bridgehead atoms. The monoisotopic (exact) mass is 385 g/mol. The average molecular weight is 386 g/mol. The molecule has 0 fully saturated rings. The second-order valence-corrected chi connectivity index (χ2v) is 7.75. The summed E-state index contributed by atoms with van der Waals surface area (Å²) in [6, 6.07) is 12.5. The van der Waals surface area contributed by atoms with Gasteiger partial charge in [0, 0.05) is 5.56 Å². The van der Waals surface area contributed by atoms with Gasteiger partial charge in [-0.2, -0.15) is 0 Å². The molecule has 1 aromatic heterocycles. The topological polar surface area (TPSA) is 22.1 Å². The fourth-order valence-electron chi connectivity index (χ4n) is 3.33. The van der Waals surface area contributed by atoms with Gasteiger partial charge in [-0.3, -0.25) is 4.98 Å². The van der Waals surface area contributed by atoms with Crippen LogP contribution in [-0.4, -0.2) is 17.8 Å². The lowest BCUT2D eigenvalue weighted by Gasteiger charge is -2.08. The minimum Gasteiger partial charge on any atom is -0.489 e. The zero-order chi connectivity index (χ0) is 20.0. The predicted molar refractivity (Wildman–Crippen MR) is 117 cm³/mol. The molecule has 2 nitrogen and oxygen atoms in total. The fourth-order valence-corrected chi connectivity index (χ4v) is 3.33. The number of alkyl halides is 1. The van der Waals surface area contributed by atoms with Crippen molar-refractivity contribution in [2.24, 2.45) is 0 Å². The Balaban J connectivity index is 1.67. The zero-order valence-electron chi connectivity index (χ0n) is 17.6. The number of hydrogen-bond donors (Lipinski definition) is 0. The van der Waals surface area contributed by atoms with E-state index < -0.39 is 6.17 Å². The van der Waals surface area contributed by atoms with Gasteiger partial charge in [-0.1, -0.05) is 82.6 Å². The Bertz CT molecular complexity index is 637. The minimum atomic E-state index is -0.974. The standard InChI is InChI=1S/C25H36FNO/c1-3-4-5-6-7-8-9-10-11-12-22-13-15-23(16-14-22)25-18-17-24(19-27-25)28-20-21(2)26/h13-19,21H,3-12,20H2,1-2H3. The third-order valence-electron chi connectivity index (χ3n) is 5.03. The normalized spacial score (nSPS) is 12.1. The maximum absolute atomic E-state index is 12.8. The molecule has 28 heavy (non-hydrogen) atoms. The summed E-state index contributed by atoms with van der Waals surface area (Å²) in [6.45, 7) is 3.82. The molecule has 1 heterocycles. The number of ether oxygens (including phenoxy) is 1. The number of halogens is 1. The minimum absolute atomic E-state index is 0.0641. The highest BCUT2D eigenvalue weighted by atomic mass is 19.1. The van der Waals surface area contributed by atoms with Crippen LogP contribution in [0.4, 0.5) is 4.39 Å². The Hall–Kier alpha value is -1.90. The second kappa shape index (κ2) is 13.3. The highest BCUT2D eigenvalue weighted by molar-refractivity contribution is 5.59. The molecule has 0 saturated heterocycles. The van der Waals surface area contributed by atoms with Crippen LogP contribution in [0.25, 0.3) is 11.3 Å². The van der Waals surface area contributed by atoms with Crippen molar-refractivity contribution < 1.29 is 9.13 Å². The van der Waals surface area contributed by atoms with Crippen LogP contribution in [0.2, 0.25) is 0 Å². The van der Waals surface area contributed by atoms with E-state index in [1.54, 1.807) is 6.20 Å². The molecule has 0 saturated carbocycles. The van der Waals surface area contributed by atoms with Crippen LogP contribution in [0.3, 0.4) is 0 Å². The number of nitrogens with zero attached hydrogens (tertiary/aromatic N) is 1. The number of pyridine rings is 1. The molecule has 0 aliphatic rings. The molecular weight excluding hydrogens is 349 g/mol. The third-order valence-corrected chi connectivity index (χ3v) is 5.03. The summed E-state index contributed by atoms with van der Waals surface area (Å²) in [4.78, 5) is 4.43. The third kappa shape index (κ3) is 8.86. The van der Waals surface area contributed by atoms with Crippen molar-refractivity contribution in [2.75, 3.05) is 6.61 Å². The molecule has 0 radical (unpaired) electrons. The van der Waals surface area contributed by atoms with E-state index in [4.69, 9.17) is 4.74 Å². The van der Waals surface area contributed by atoms with Gasteiger partial charge in [0.15, 0.2) is 0 Å². The van der Waals surface area contributed by atoms with Crippen molar-refractivity contribution in [2.45, 2.75) is 84.2 Å². The van der Waals surface area contributed by atoms with Crippen LogP contribution >= 0.6 is 0 Å². The van der Waals surface area contributed by atoms with E-state index in [0.717, 1.165) is 17.7 Å². The van der Waals surface area contributed by atoms with Crippen molar-refractivity contribution in [3.05, 3.63) is 48.2 Å². The van der Waals surface area contributed by atoms with Crippen molar-refractivity contribution in [1.29, 1.82) is 0 Å². The molecule has 3 heteroatoms. The first-order chi connectivity index (χ1) is 13.7. The van der Waals surface area contributed by atoms with E-state index in [1.165, 1.54) is 70.3 Å². The lowest BCUT2D eigenvalue weighted by Crippen LogP contribution is -2.08. The fraction of sp³-hybridized carbons (Fsp3) is 0.560. The summed E-state index contributed by atoms with van der Waals surface area (Å²) in [6.07, 6.45) is 14.1. The SMILES string of the molecule is CCCCCCCCCCCc1ccc(-c2ccc(OCC(C)F)cn2)cc1. The number of aromatic nitrogens is 1. The van der Waals surface area contributed by atoms with Gasteiger partial charge in [-0.05, 0) is 37.5 Å². The highest BCUT2D eigenvalue weighted by Crippen LogP contribution is 2.21. The van der Waals surface area contributed by atoms with E-state index in [-0.39, 0.29) is 6.61 Å². The molecule has 2 rings (SSSR count). The highest BCUT2D eigenvalue weighted by Gasteiger charge is 2.03. The van der Waals surface area contributed by atoms with Gasteiger partial charge in [0.25, 0.3) is 0 Å². The Morgan fingerprint density at radius 3 is 2.07 bits per heavy atom. The summed E-state index contributed by atoms with van der Waals surface area (Å²) in [5.74, 6) is 0.607. The zero-order valence-corrected chi connectivity index (χ0v) is 17.6. The summed E-state index contributed by atoms with van der Waals surface area (Å²) >= 11 is 0. The van der Waals surface area contributed by atoms with Gasteiger partial charge >= 0.3 is 0 Å². The maximum Gasteiger partial charge on any atom is 0.137 e. The Labute approximate surface area is 170 Å². The summed E-state index contributed by atoms with van der Waals surface area (Å²) in [7, 11) is 0.